The molecule has 1 amide bonds. The van der Waals surface area contributed by atoms with Gasteiger partial charge in [-0.05, 0) is 36.4 Å². The van der Waals surface area contributed by atoms with Crippen LogP contribution in [-0.4, -0.2) is 5.91 Å². The Morgan fingerprint density at radius 3 is 2.45 bits per heavy atom. The summed E-state index contributed by atoms with van der Waals surface area (Å²) in [7, 11) is 0. The first-order valence-corrected chi connectivity index (χ1v) is 6.75. The minimum Gasteiger partial charge on any atom is -0.298 e. The number of amides is 1. The zero-order valence-electron chi connectivity index (χ0n) is 10.8. The van der Waals surface area contributed by atoms with Crippen LogP contribution in [0.25, 0.3) is 0 Å². The molecule has 2 rings (SSSR count). The van der Waals surface area contributed by atoms with E-state index in [9.17, 15) is 22.4 Å². The Hall–Kier alpha value is -2.09. The van der Waals surface area contributed by atoms with Crippen molar-refractivity contribution in [3.8, 4) is 0 Å². The molecule has 116 valence electrons. The van der Waals surface area contributed by atoms with E-state index in [1.807, 2.05) is 0 Å². The van der Waals surface area contributed by atoms with Crippen molar-refractivity contribution in [3.05, 3.63) is 63.9 Å². The Kier molecular flexibility index (Phi) is 4.70. The molecule has 2 N–H and O–H groups in total. The minimum atomic E-state index is -4.49. The monoisotopic (exact) mass is 376 g/mol. The number of alkyl halides is 3. The van der Waals surface area contributed by atoms with Crippen molar-refractivity contribution in [1.29, 1.82) is 0 Å². The van der Waals surface area contributed by atoms with E-state index in [-0.39, 0.29) is 11.3 Å². The van der Waals surface area contributed by atoms with Gasteiger partial charge in [0.05, 0.1) is 16.8 Å². The van der Waals surface area contributed by atoms with Crippen molar-refractivity contribution < 1.29 is 22.4 Å². The van der Waals surface area contributed by atoms with Gasteiger partial charge in [-0.25, -0.2) is 4.39 Å². The van der Waals surface area contributed by atoms with E-state index in [2.05, 4.69) is 26.8 Å². The summed E-state index contributed by atoms with van der Waals surface area (Å²) in [6.45, 7) is 0. The van der Waals surface area contributed by atoms with E-state index in [0.717, 1.165) is 18.2 Å². The van der Waals surface area contributed by atoms with Gasteiger partial charge in [0.15, 0.2) is 0 Å². The number of hydrogen-bond donors (Lipinski definition) is 2. The normalized spacial score (nSPS) is 11.1. The molecule has 0 saturated carbocycles. The molecule has 0 aromatic heterocycles. The standard InChI is InChI=1S/C14H9BrF4N2O/c15-9-4-5-11(12(16)7-9)13(22)21-20-10-3-1-2-8(6-10)14(17,18)19/h1-7,20H,(H,21,22). The lowest BCUT2D eigenvalue weighted by molar-refractivity contribution is -0.137. The lowest BCUT2D eigenvalue weighted by Crippen LogP contribution is -2.30. The Morgan fingerprint density at radius 2 is 1.82 bits per heavy atom. The second-order valence-corrected chi connectivity index (χ2v) is 5.20. The highest BCUT2D eigenvalue weighted by molar-refractivity contribution is 9.10. The number of carbonyl (C=O) groups is 1. The highest BCUT2D eigenvalue weighted by Gasteiger charge is 2.30. The number of rotatable bonds is 3. The SMILES string of the molecule is O=C(NNc1cccc(C(F)(F)F)c1)c1ccc(Br)cc1F. The molecular formula is C14H9BrF4N2O. The molecule has 22 heavy (non-hydrogen) atoms. The van der Waals surface area contributed by atoms with Gasteiger partial charge in [-0.1, -0.05) is 22.0 Å². The molecule has 0 aliphatic rings. The molecule has 0 bridgehead atoms. The predicted molar refractivity (Wildman–Crippen MR) is 76.6 cm³/mol. The van der Waals surface area contributed by atoms with Crippen molar-refractivity contribution in [2.75, 3.05) is 5.43 Å². The van der Waals surface area contributed by atoms with Crippen LogP contribution < -0.4 is 10.9 Å². The summed E-state index contributed by atoms with van der Waals surface area (Å²) in [6, 6.07) is 8.11. The Bertz CT molecular complexity index is 703. The molecule has 0 spiro atoms. The number of hydrogen-bond acceptors (Lipinski definition) is 2. The van der Waals surface area contributed by atoms with E-state index in [1.54, 1.807) is 0 Å². The number of nitrogens with one attached hydrogen (secondary N) is 2. The van der Waals surface area contributed by atoms with Gasteiger partial charge in [0.25, 0.3) is 5.91 Å². The lowest BCUT2D eigenvalue weighted by Gasteiger charge is -2.12. The molecule has 0 heterocycles. The van der Waals surface area contributed by atoms with Crippen LogP contribution in [0.5, 0.6) is 0 Å². The second-order valence-electron chi connectivity index (χ2n) is 4.28. The van der Waals surface area contributed by atoms with Crippen LogP contribution in [0.15, 0.2) is 46.9 Å². The van der Waals surface area contributed by atoms with Gasteiger partial charge in [-0.3, -0.25) is 15.6 Å². The quantitative estimate of drug-likeness (QED) is 0.617. The third-order valence-corrected chi connectivity index (χ3v) is 3.18. The first-order chi connectivity index (χ1) is 10.3. The molecule has 0 unspecified atom stereocenters. The summed E-state index contributed by atoms with van der Waals surface area (Å²) >= 11 is 3.05. The van der Waals surface area contributed by atoms with Gasteiger partial charge in [0.1, 0.15) is 5.82 Å². The summed E-state index contributed by atoms with van der Waals surface area (Å²) in [5.74, 6) is -1.56. The van der Waals surface area contributed by atoms with Gasteiger partial charge in [0.2, 0.25) is 0 Å². The van der Waals surface area contributed by atoms with Crippen molar-refractivity contribution in [1.82, 2.24) is 5.43 Å². The van der Waals surface area contributed by atoms with Crippen molar-refractivity contribution in [2.24, 2.45) is 0 Å². The van der Waals surface area contributed by atoms with Gasteiger partial charge >= 0.3 is 6.18 Å². The summed E-state index contributed by atoms with van der Waals surface area (Å²) in [5.41, 5.74) is 3.40. The topological polar surface area (TPSA) is 41.1 Å². The Labute approximate surface area is 131 Å². The van der Waals surface area contributed by atoms with Gasteiger partial charge in [-0.2, -0.15) is 13.2 Å². The molecule has 0 saturated heterocycles. The van der Waals surface area contributed by atoms with Crippen LogP contribution in [0.3, 0.4) is 0 Å². The van der Waals surface area contributed by atoms with E-state index in [1.165, 1.54) is 24.3 Å². The third kappa shape index (κ3) is 3.97. The molecule has 2 aromatic carbocycles. The maximum absolute atomic E-state index is 13.6. The average molecular weight is 377 g/mol. The number of benzene rings is 2. The highest BCUT2D eigenvalue weighted by Crippen LogP contribution is 2.30. The average Bonchev–Trinajstić information content (AvgIpc) is 2.44. The Morgan fingerprint density at radius 1 is 1.09 bits per heavy atom. The van der Waals surface area contributed by atoms with Gasteiger partial charge < -0.3 is 0 Å². The first-order valence-electron chi connectivity index (χ1n) is 5.96. The summed E-state index contributed by atoms with van der Waals surface area (Å²) in [5, 5.41) is 0. The van der Waals surface area contributed by atoms with Crippen molar-refractivity contribution in [3.63, 3.8) is 0 Å². The van der Waals surface area contributed by atoms with Crippen LogP contribution >= 0.6 is 15.9 Å². The molecule has 0 aliphatic heterocycles. The van der Waals surface area contributed by atoms with Crippen LogP contribution in [-0.2, 0) is 6.18 Å². The summed E-state index contributed by atoms with van der Waals surface area (Å²) in [6.07, 6.45) is -4.49. The molecule has 2 aromatic rings. The predicted octanol–water partition coefficient (Wildman–Crippen LogP) is 4.36. The molecule has 0 fully saturated rings. The number of anilines is 1. The van der Waals surface area contributed by atoms with E-state index in [0.29, 0.717) is 4.47 Å². The van der Waals surface area contributed by atoms with Crippen LogP contribution in [0, 0.1) is 5.82 Å². The van der Waals surface area contributed by atoms with E-state index in [4.69, 9.17) is 0 Å². The maximum atomic E-state index is 13.6. The second kappa shape index (κ2) is 6.35. The number of hydrazine groups is 1. The van der Waals surface area contributed by atoms with Gasteiger partial charge in [-0.15, -0.1) is 0 Å². The summed E-state index contributed by atoms with van der Waals surface area (Å²) in [4.78, 5) is 11.8. The van der Waals surface area contributed by atoms with E-state index < -0.39 is 23.5 Å². The van der Waals surface area contributed by atoms with Crippen LogP contribution in [0.2, 0.25) is 0 Å². The van der Waals surface area contributed by atoms with E-state index >= 15 is 0 Å². The summed E-state index contributed by atoms with van der Waals surface area (Å²) < 4.78 is 51.7. The minimum absolute atomic E-state index is 0.0284. The lowest BCUT2D eigenvalue weighted by atomic mass is 10.2. The molecule has 8 heteroatoms. The zero-order valence-corrected chi connectivity index (χ0v) is 12.4. The molecule has 0 aliphatic carbocycles. The highest BCUT2D eigenvalue weighted by atomic mass is 79.9. The fourth-order valence-electron chi connectivity index (χ4n) is 1.64. The molecule has 0 atom stereocenters. The fourth-order valence-corrected chi connectivity index (χ4v) is 1.98. The smallest absolute Gasteiger partial charge is 0.298 e. The maximum Gasteiger partial charge on any atom is 0.416 e. The molecule has 3 nitrogen and oxygen atoms in total. The molecular weight excluding hydrogens is 368 g/mol. The van der Waals surface area contributed by atoms with Gasteiger partial charge in [0, 0.05) is 4.47 Å². The Balaban J connectivity index is 2.08. The van der Waals surface area contributed by atoms with Crippen molar-refractivity contribution in [2.45, 2.75) is 6.18 Å². The number of halogens is 5. The number of carbonyl (C=O) groups excluding carboxylic acids is 1. The van der Waals surface area contributed by atoms with Crippen LogP contribution in [0.4, 0.5) is 23.2 Å². The zero-order chi connectivity index (χ0) is 16.3. The first kappa shape index (κ1) is 16.3. The largest absolute Gasteiger partial charge is 0.416 e. The molecule has 0 radical (unpaired) electrons. The van der Waals surface area contributed by atoms with Crippen molar-refractivity contribution >= 4 is 27.5 Å². The van der Waals surface area contributed by atoms with Crippen LogP contribution in [0.1, 0.15) is 15.9 Å². The fraction of sp³-hybridized carbons (Fsp3) is 0.0714. The third-order valence-electron chi connectivity index (χ3n) is 2.69.